The maximum atomic E-state index is 13.4. The molecule has 0 bridgehead atoms. The SMILES string of the molecule is O=C(Nc1nccs1)c1[nH]c(-c2ccc(N3CCCC3)cc2)nc1-c1ccc(F)cc1. The molecule has 0 aliphatic carbocycles. The Kier molecular flexibility index (Phi) is 5.21. The number of hydrogen-bond acceptors (Lipinski definition) is 5. The molecule has 156 valence electrons. The summed E-state index contributed by atoms with van der Waals surface area (Å²) in [6, 6.07) is 14.1. The molecule has 0 atom stereocenters. The van der Waals surface area contributed by atoms with Crippen molar-refractivity contribution >= 4 is 28.1 Å². The molecule has 5 rings (SSSR count). The van der Waals surface area contributed by atoms with Crippen LogP contribution in [0.3, 0.4) is 0 Å². The van der Waals surface area contributed by atoms with Crippen LogP contribution in [0.5, 0.6) is 0 Å². The molecule has 0 unspecified atom stereocenters. The summed E-state index contributed by atoms with van der Waals surface area (Å²) in [7, 11) is 0. The van der Waals surface area contributed by atoms with Crippen LogP contribution < -0.4 is 10.2 Å². The van der Waals surface area contributed by atoms with Crippen LogP contribution in [0, 0.1) is 5.82 Å². The van der Waals surface area contributed by atoms with Crippen molar-refractivity contribution < 1.29 is 9.18 Å². The summed E-state index contributed by atoms with van der Waals surface area (Å²) < 4.78 is 13.4. The molecule has 6 nitrogen and oxygen atoms in total. The Morgan fingerprint density at radius 2 is 1.74 bits per heavy atom. The largest absolute Gasteiger partial charge is 0.372 e. The van der Waals surface area contributed by atoms with Crippen molar-refractivity contribution in [1.29, 1.82) is 0 Å². The van der Waals surface area contributed by atoms with E-state index in [1.165, 1.54) is 42.0 Å². The van der Waals surface area contributed by atoms with Gasteiger partial charge in [0.25, 0.3) is 5.91 Å². The second-order valence-corrected chi connectivity index (χ2v) is 8.24. The van der Waals surface area contributed by atoms with Gasteiger partial charge in [-0.15, -0.1) is 11.3 Å². The molecule has 3 heterocycles. The summed E-state index contributed by atoms with van der Waals surface area (Å²) in [5, 5.41) is 5.08. The molecule has 0 spiro atoms. The Balaban J connectivity index is 1.50. The van der Waals surface area contributed by atoms with E-state index >= 15 is 0 Å². The zero-order chi connectivity index (χ0) is 21.2. The number of H-pyrrole nitrogens is 1. The zero-order valence-electron chi connectivity index (χ0n) is 16.6. The quantitative estimate of drug-likeness (QED) is 0.454. The number of nitrogens with one attached hydrogen (secondary N) is 2. The number of nitrogens with zero attached hydrogens (tertiary/aromatic N) is 3. The molecular weight excluding hydrogens is 413 g/mol. The monoisotopic (exact) mass is 433 g/mol. The fraction of sp³-hybridized carbons (Fsp3) is 0.174. The zero-order valence-corrected chi connectivity index (χ0v) is 17.5. The minimum Gasteiger partial charge on any atom is -0.372 e. The number of carbonyl (C=O) groups is 1. The third-order valence-electron chi connectivity index (χ3n) is 5.31. The van der Waals surface area contributed by atoms with Gasteiger partial charge in [0, 0.05) is 41.5 Å². The Hall–Kier alpha value is -3.52. The fourth-order valence-corrected chi connectivity index (χ4v) is 4.27. The summed E-state index contributed by atoms with van der Waals surface area (Å²) in [6.45, 7) is 2.16. The molecule has 0 radical (unpaired) electrons. The molecule has 1 aliphatic heterocycles. The van der Waals surface area contributed by atoms with Gasteiger partial charge in [0.1, 0.15) is 23.0 Å². The number of imidazole rings is 1. The molecule has 1 aliphatic rings. The van der Waals surface area contributed by atoms with E-state index in [2.05, 4.69) is 37.3 Å². The summed E-state index contributed by atoms with van der Waals surface area (Å²) >= 11 is 1.33. The van der Waals surface area contributed by atoms with Crippen molar-refractivity contribution in [3.8, 4) is 22.6 Å². The molecule has 2 N–H and O–H groups in total. The molecule has 31 heavy (non-hydrogen) atoms. The lowest BCUT2D eigenvalue weighted by Gasteiger charge is -2.17. The second-order valence-electron chi connectivity index (χ2n) is 7.35. The Bertz CT molecular complexity index is 1180. The number of thiazole rings is 1. The highest BCUT2D eigenvalue weighted by atomic mass is 32.1. The van der Waals surface area contributed by atoms with E-state index in [1.807, 2.05) is 12.1 Å². The van der Waals surface area contributed by atoms with Crippen LogP contribution in [0.1, 0.15) is 23.3 Å². The van der Waals surface area contributed by atoms with Crippen LogP contribution in [0.4, 0.5) is 15.2 Å². The average Bonchev–Trinajstić information content (AvgIpc) is 3.56. The normalized spacial score (nSPS) is 13.5. The van der Waals surface area contributed by atoms with E-state index in [0.717, 1.165) is 18.7 Å². The first kappa shape index (κ1) is 19.4. The number of carbonyl (C=O) groups excluding carboxylic acids is 1. The molecule has 1 saturated heterocycles. The van der Waals surface area contributed by atoms with E-state index in [9.17, 15) is 9.18 Å². The van der Waals surface area contributed by atoms with Gasteiger partial charge in [-0.05, 0) is 61.4 Å². The van der Waals surface area contributed by atoms with Crippen molar-refractivity contribution in [2.75, 3.05) is 23.3 Å². The number of aromatic nitrogens is 3. The van der Waals surface area contributed by atoms with Gasteiger partial charge in [0.2, 0.25) is 0 Å². The van der Waals surface area contributed by atoms with Crippen molar-refractivity contribution in [3.05, 3.63) is 71.6 Å². The van der Waals surface area contributed by atoms with Crippen molar-refractivity contribution in [2.24, 2.45) is 0 Å². The van der Waals surface area contributed by atoms with Gasteiger partial charge in [-0.2, -0.15) is 0 Å². The van der Waals surface area contributed by atoms with Gasteiger partial charge in [0.15, 0.2) is 5.13 Å². The summed E-state index contributed by atoms with van der Waals surface area (Å²) in [6.07, 6.45) is 4.07. The van der Waals surface area contributed by atoms with Crippen LogP contribution in [-0.2, 0) is 0 Å². The molecule has 1 fully saturated rings. The van der Waals surface area contributed by atoms with Gasteiger partial charge in [-0.3, -0.25) is 10.1 Å². The third kappa shape index (κ3) is 4.06. The first-order valence-electron chi connectivity index (χ1n) is 10.1. The van der Waals surface area contributed by atoms with E-state index in [4.69, 9.17) is 0 Å². The smallest absolute Gasteiger partial charge is 0.276 e. The number of halogens is 1. The van der Waals surface area contributed by atoms with E-state index in [0.29, 0.717) is 27.9 Å². The number of anilines is 2. The Morgan fingerprint density at radius 3 is 2.42 bits per heavy atom. The first-order valence-corrected chi connectivity index (χ1v) is 11.0. The average molecular weight is 434 g/mol. The minimum absolute atomic E-state index is 0.306. The topological polar surface area (TPSA) is 73.9 Å². The molecule has 4 aromatic rings. The van der Waals surface area contributed by atoms with Crippen LogP contribution in [0.2, 0.25) is 0 Å². The van der Waals surface area contributed by atoms with E-state index in [1.54, 1.807) is 23.7 Å². The third-order valence-corrected chi connectivity index (χ3v) is 6.00. The maximum absolute atomic E-state index is 13.4. The van der Waals surface area contributed by atoms with Gasteiger partial charge < -0.3 is 9.88 Å². The van der Waals surface area contributed by atoms with Crippen molar-refractivity contribution in [1.82, 2.24) is 15.0 Å². The summed E-state index contributed by atoms with van der Waals surface area (Å²) in [5.74, 6) is -0.107. The Morgan fingerprint density at radius 1 is 1.03 bits per heavy atom. The number of amides is 1. The van der Waals surface area contributed by atoms with Crippen LogP contribution >= 0.6 is 11.3 Å². The highest BCUT2D eigenvalue weighted by molar-refractivity contribution is 7.13. The van der Waals surface area contributed by atoms with Crippen molar-refractivity contribution in [3.63, 3.8) is 0 Å². The van der Waals surface area contributed by atoms with Crippen molar-refractivity contribution in [2.45, 2.75) is 12.8 Å². The lowest BCUT2D eigenvalue weighted by Crippen LogP contribution is -2.17. The molecule has 0 saturated carbocycles. The molecule has 2 aromatic heterocycles. The molecule has 8 heteroatoms. The number of hydrogen-bond donors (Lipinski definition) is 2. The highest BCUT2D eigenvalue weighted by Gasteiger charge is 2.21. The van der Waals surface area contributed by atoms with Gasteiger partial charge in [0.05, 0.1) is 0 Å². The molecule has 2 aromatic carbocycles. The summed E-state index contributed by atoms with van der Waals surface area (Å²) in [4.78, 5) is 27.3. The highest BCUT2D eigenvalue weighted by Crippen LogP contribution is 2.29. The molecular formula is C23H20FN5OS. The lowest BCUT2D eigenvalue weighted by atomic mass is 10.1. The number of rotatable bonds is 5. The lowest BCUT2D eigenvalue weighted by molar-refractivity contribution is 0.102. The van der Waals surface area contributed by atoms with Crippen LogP contribution in [0.25, 0.3) is 22.6 Å². The summed E-state index contributed by atoms with van der Waals surface area (Å²) in [5.41, 5.74) is 3.49. The second kappa shape index (κ2) is 8.31. The van der Waals surface area contributed by atoms with Crippen LogP contribution in [-0.4, -0.2) is 33.9 Å². The van der Waals surface area contributed by atoms with Gasteiger partial charge in [-0.25, -0.2) is 14.4 Å². The van der Waals surface area contributed by atoms with Gasteiger partial charge >= 0.3 is 0 Å². The van der Waals surface area contributed by atoms with Gasteiger partial charge in [-0.1, -0.05) is 0 Å². The predicted molar refractivity (Wildman–Crippen MR) is 121 cm³/mol. The minimum atomic E-state index is -0.346. The van der Waals surface area contributed by atoms with Crippen LogP contribution in [0.15, 0.2) is 60.1 Å². The first-order chi connectivity index (χ1) is 15.2. The number of aromatic amines is 1. The Labute approximate surface area is 182 Å². The number of benzene rings is 2. The fourth-order valence-electron chi connectivity index (χ4n) is 3.74. The molecule has 1 amide bonds. The van der Waals surface area contributed by atoms with E-state index in [-0.39, 0.29) is 11.7 Å². The maximum Gasteiger partial charge on any atom is 0.276 e. The van der Waals surface area contributed by atoms with E-state index < -0.39 is 0 Å². The standard InChI is InChI=1S/C23H20FN5OS/c24-17-7-3-15(4-8-17)19-20(22(30)28-23-25-11-14-31-23)27-21(26-19)16-5-9-18(10-6-16)29-12-1-2-13-29/h3-11,14H,1-2,12-13H2,(H,26,27)(H,25,28,30). The predicted octanol–water partition coefficient (Wildman–Crippen LogP) is 5.19.